The average Bonchev–Trinajstić information content (AvgIpc) is 3.69. The fourth-order valence-electron chi connectivity index (χ4n) is 4.53. The Morgan fingerprint density at radius 2 is 2.03 bits per heavy atom. The summed E-state index contributed by atoms with van der Waals surface area (Å²) in [5.74, 6) is 0.651. The van der Waals surface area contributed by atoms with Crippen LogP contribution < -0.4 is 10.1 Å². The second-order valence-electron chi connectivity index (χ2n) is 8.97. The third-order valence-corrected chi connectivity index (χ3v) is 7.45. The molecule has 0 amide bonds. The molecule has 13 heteroatoms. The van der Waals surface area contributed by atoms with Crippen molar-refractivity contribution in [3.63, 3.8) is 0 Å². The second-order valence-corrected chi connectivity index (χ2v) is 9.86. The van der Waals surface area contributed by atoms with E-state index in [-0.39, 0.29) is 12.0 Å². The van der Waals surface area contributed by atoms with Gasteiger partial charge < -0.3 is 14.3 Å². The zero-order chi connectivity index (χ0) is 26.6. The molecule has 2 aromatic heterocycles. The lowest BCUT2D eigenvalue weighted by atomic mass is 9.96. The minimum atomic E-state index is -2.93. The third kappa shape index (κ3) is 5.84. The van der Waals surface area contributed by atoms with E-state index in [1.54, 1.807) is 7.11 Å². The van der Waals surface area contributed by atoms with E-state index in [4.69, 9.17) is 19.3 Å². The largest absolute Gasteiger partial charge is 0.491 e. The fourth-order valence-corrected chi connectivity index (χ4v) is 5.51. The summed E-state index contributed by atoms with van der Waals surface area (Å²) in [4.78, 5) is 10.4. The van der Waals surface area contributed by atoms with Gasteiger partial charge in [-0.2, -0.15) is 5.10 Å². The van der Waals surface area contributed by atoms with Gasteiger partial charge in [-0.15, -0.1) is 11.3 Å². The molecule has 1 saturated heterocycles. The normalized spacial score (nSPS) is 21.7. The Balaban J connectivity index is 1.24. The van der Waals surface area contributed by atoms with Gasteiger partial charge in [-0.05, 0) is 36.6 Å². The summed E-state index contributed by atoms with van der Waals surface area (Å²) >= 11 is 1.45. The van der Waals surface area contributed by atoms with Crippen molar-refractivity contribution in [2.24, 2.45) is 5.16 Å². The van der Waals surface area contributed by atoms with Gasteiger partial charge in [0, 0.05) is 31.4 Å². The molecule has 0 saturated carbocycles. The minimum absolute atomic E-state index is 0.0689. The Kier molecular flexibility index (Phi) is 8.24. The zero-order valence-corrected chi connectivity index (χ0v) is 21.3. The van der Waals surface area contributed by atoms with E-state index >= 15 is 0 Å². The summed E-state index contributed by atoms with van der Waals surface area (Å²) in [5.41, 5.74) is 1.13. The number of methoxy groups -OCH3 is 1. The number of halogens is 4. The maximum Gasteiger partial charge on any atom is 0.282 e. The predicted octanol–water partition coefficient (Wildman–Crippen LogP) is 5.79. The van der Waals surface area contributed by atoms with Crippen LogP contribution in [0.15, 0.2) is 40.9 Å². The lowest BCUT2D eigenvalue weighted by Crippen LogP contribution is -2.31. The van der Waals surface area contributed by atoms with Crippen molar-refractivity contribution in [2.45, 2.75) is 50.3 Å². The molecule has 0 spiro atoms. The monoisotopic (exact) mass is 552 g/mol. The fraction of sp³-hybridized carbons (Fsp3) is 0.480. The highest BCUT2D eigenvalue weighted by Crippen LogP contribution is 2.38. The van der Waals surface area contributed by atoms with Crippen molar-refractivity contribution >= 4 is 17.0 Å². The molecular weight excluding hydrogens is 526 g/mol. The van der Waals surface area contributed by atoms with Crippen LogP contribution in [0.25, 0.3) is 0 Å². The van der Waals surface area contributed by atoms with Gasteiger partial charge >= 0.3 is 0 Å². The minimum Gasteiger partial charge on any atom is -0.491 e. The van der Waals surface area contributed by atoms with E-state index in [0.717, 1.165) is 27.1 Å². The molecule has 3 unspecified atom stereocenters. The van der Waals surface area contributed by atoms with Crippen LogP contribution in [-0.4, -0.2) is 47.3 Å². The van der Waals surface area contributed by atoms with Crippen molar-refractivity contribution in [1.82, 2.24) is 20.1 Å². The van der Waals surface area contributed by atoms with E-state index in [2.05, 4.69) is 15.6 Å². The maximum atomic E-state index is 13.5. The molecule has 1 radical (unpaired) electrons. The number of ether oxygens (including phenoxy) is 2. The van der Waals surface area contributed by atoms with Gasteiger partial charge in [0.15, 0.2) is 6.10 Å². The van der Waals surface area contributed by atoms with E-state index in [1.165, 1.54) is 11.3 Å². The summed E-state index contributed by atoms with van der Waals surface area (Å²) in [7, 11) is 1.62. The Morgan fingerprint density at radius 1 is 1.16 bits per heavy atom. The first-order chi connectivity index (χ1) is 18.4. The number of hydrogen-bond acceptors (Lipinski definition) is 7. The summed E-state index contributed by atoms with van der Waals surface area (Å²) in [6.07, 6.45) is -5.32. The first-order valence-corrected chi connectivity index (χ1v) is 13.0. The standard InChI is InChI=1S/C25H26F4N5O3S/c1-35-7-8-36-16-4-2-3-14(9-16)21-12-17(33-37-21)19-13-38-25(31-19)15-5-6-30-22(10-15)34-20(24(28)29)11-18(32-34)23(26)27/h2-4,9,11,13,15,21-24H,5-8,10,12H2,1H3. The van der Waals surface area contributed by atoms with Crippen molar-refractivity contribution in [3.8, 4) is 5.75 Å². The Hall–Kier alpha value is -3.03. The average molecular weight is 553 g/mol. The molecular formula is C25H26F4N5O3S. The Morgan fingerprint density at radius 3 is 2.82 bits per heavy atom. The molecule has 2 aliphatic heterocycles. The molecule has 8 nitrogen and oxygen atoms in total. The molecule has 1 fully saturated rings. The smallest absolute Gasteiger partial charge is 0.282 e. The van der Waals surface area contributed by atoms with E-state index in [0.29, 0.717) is 50.4 Å². The molecule has 2 aliphatic rings. The SMILES string of the molecule is COCCOc1cccc(C2CC(c3csc(C4CC[N]C(n5nc(C(F)F)cc5C(F)F)C4)n3)=NO2)c1. The van der Waals surface area contributed by atoms with Crippen LogP contribution in [0.3, 0.4) is 0 Å². The van der Waals surface area contributed by atoms with Gasteiger partial charge in [0.25, 0.3) is 12.9 Å². The van der Waals surface area contributed by atoms with Crippen molar-refractivity contribution in [2.75, 3.05) is 26.9 Å². The molecule has 3 aromatic rings. The van der Waals surface area contributed by atoms with Gasteiger partial charge in [0.1, 0.15) is 35.6 Å². The van der Waals surface area contributed by atoms with Crippen molar-refractivity contribution in [3.05, 3.63) is 63.4 Å². The third-order valence-electron chi connectivity index (χ3n) is 6.45. The number of thiazole rings is 1. The molecule has 203 valence electrons. The van der Waals surface area contributed by atoms with E-state index < -0.39 is 30.4 Å². The van der Waals surface area contributed by atoms with Crippen LogP contribution in [0.5, 0.6) is 5.75 Å². The number of aromatic nitrogens is 3. The summed E-state index contributed by atoms with van der Waals surface area (Å²) in [6.45, 7) is 1.33. The molecule has 4 heterocycles. The topological polar surface area (TPSA) is 84.9 Å². The molecule has 38 heavy (non-hydrogen) atoms. The summed E-state index contributed by atoms with van der Waals surface area (Å²) in [5, 5.41) is 15.1. The van der Waals surface area contributed by atoms with Gasteiger partial charge in [0.05, 0.1) is 17.3 Å². The Labute approximate surface area is 220 Å². The van der Waals surface area contributed by atoms with Crippen LogP contribution in [-0.2, 0) is 9.57 Å². The van der Waals surface area contributed by atoms with Crippen LogP contribution in [0.4, 0.5) is 17.6 Å². The van der Waals surface area contributed by atoms with Gasteiger partial charge in [-0.1, -0.05) is 17.3 Å². The first-order valence-electron chi connectivity index (χ1n) is 12.1. The maximum absolute atomic E-state index is 13.5. The van der Waals surface area contributed by atoms with Crippen LogP contribution >= 0.6 is 11.3 Å². The summed E-state index contributed by atoms with van der Waals surface area (Å²) < 4.78 is 64.9. The lowest BCUT2D eigenvalue weighted by Gasteiger charge is -2.29. The second kappa shape index (κ2) is 11.8. The number of piperidine rings is 1. The molecule has 3 atom stereocenters. The summed E-state index contributed by atoms with van der Waals surface area (Å²) in [6, 6.07) is 8.39. The highest BCUT2D eigenvalue weighted by atomic mass is 32.1. The number of oxime groups is 1. The molecule has 0 aliphatic carbocycles. The van der Waals surface area contributed by atoms with Gasteiger partial charge in [-0.3, -0.25) is 0 Å². The zero-order valence-electron chi connectivity index (χ0n) is 20.5. The molecule has 0 bridgehead atoms. The number of alkyl halides is 4. The van der Waals surface area contributed by atoms with E-state index in [9.17, 15) is 17.6 Å². The van der Waals surface area contributed by atoms with Crippen molar-refractivity contribution < 1.29 is 31.9 Å². The highest BCUT2D eigenvalue weighted by molar-refractivity contribution is 7.10. The van der Waals surface area contributed by atoms with Crippen LogP contribution in [0, 0.1) is 0 Å². The Bertz CT molecular complexity index is 1270. The quantitative estimate of drug-likeness (QED) is 0.235. The predicted molar refractivity (Wildman–Crippen MR) is 131 cm³/mol. The van der Waals surface area contributed by atoms with Crippen LogP contribution in [0.2, 0.25) is 0 Å². The molecule has 5 rings (SSSR count). The van der Waals surface area contributed by atoms with Gasteiger partial charge in [0.2, 0.25) is 0 Å². The number of hydrogen-bond donors (Lipinski definition) is 0. The van der Waals surface area contributed by atoms with Gasteiger partial charge in [-0.25, -0.2) is 32.5 Å². The molecule has 1 aromatic carbocycles. The number of benzene rings is 1. The van der Waals surface area contributed by atoms with E-state index in [1.807, 2.05) is 29.6 Å². The highest BCUT2D eigenvalue weighted by Gasteiger charge is 2.33. The van der Waals surface area contributed by atoms with Crippen LogP contribution in [0.1, 0.15) is 78.0 Å². The number of nitrogens with zero attached hydrogens (tertiary/aromatic N) is 5. The first kappa shape index (κ1) is 26.6. The lowest BCUT2D eigenvalue weighted by molar-refractivity contribution is 0.0853. The molecule has 0 N–H and O–H groups in total. The van der Waals surface area contributed by atoms with Crippen molar-refractivity contribution in [1.29, 1.82) is 0 Å². The number of rotatable bonds is 10.